The highest BCUT2D eigenvalue weighted by Crippen LogP contribution is 2.08. The number of amides is 1. The largest absolute Gasteiger partial charge is 0.467 e. The Morgan fingerprint density at radius 1 is 1.26 bits per heavy atom. The van der Waals surface area contributed by atoms with Crippen molar-refractivity contribution < 1.29 is 19.4 Å². The molecule has 1 amide bonds. The van der Waals surface area contributed by atoms with E-state index in [1.54, 1.807) is 0 Å². The lowest BCUT2D eigenvalue weighted by Crippen LogP contribution is -2.52. The molecule has 0 aliphatic heterocycles. The third-order valence-corrected chi connectivity index (χ3v) is 3.50. The molecule has 0 unspecified atom stereocenters. The molecule has 6 nitrogen and oxygen atoms in total. The maximum absolute atomic E-state index is 12.1. The minimum atomic E-state index is -1.36. The molecule has 128 valence electrons. The number of nitrogens with two attached hydrogens (primary N) is 1. The average molecular weight is 322 g/mol. The van der Waals surface area contributed by atoms with Crippen molar-refractivity contribution in [3.8, 4) is 0 Å². The second-order valence-electron chi connectivity index (χ2n) is 6.01. The van der Waals surface area contributed by atoms with Crippen molar-refractivity contribution in [2.24, 2.45) is 11.7 Å². The fourth-order valence-electron chi connectivity index (χ4n) is 2.31. The predicted octanol–water partition coefficient (Wildman–Crippen LogP) is 0.621. The van der Waals surface area contributed by atoms with E-state index >= 15 is 0 Å². The predicted molar refractivity (Wildman–Crippen MR) is 87.5 cm³/mol. The van der Waals surface area contributed by atoms with E-state index in [1.165, 1.54) is 7.11 Å². The molecule has 1 rings (SSSR count). The average Bonchev–Trinajstić information content (AvgIpc) is 2.52. The molecule has 0 aromatic heterocycles. The van der Waals surface area contributed by atoms with Crippen LogP contribution in [0.5, 0.6) is 0 Å². The molecule has 0 spiro atoms. The number of rotatable bonds is 8. The summed E-state index contributed by atoms with van der Waals surface area (Å²) in [5.74, 6) is -0.968. The molecule has 0 radical (unpaired) electrons. The summed E-state index contributed by atoms with van der Waals surface area (Å²) in [7, 11) is 1.26. The zero-order valence-electron chi connectivity index (χ0n) is 13.9. The number of carbonyl (C=O) groups is 2. The first-order valence-electron chi connectivity index (χ1n) is 7.71. The van der Waals surface area contributed by atoms with Gasteiger partial charge in [-0.25, -0.2) is 4.79 Å². The first-order valence-corrected chi connectivity index (χ1v) is 7.71. The number of hydrogen-bond acceptors (Lipinski definition) is 5. The second kappa shape index (κ2) is 9.27. The van der Waals surface area contributed by atoms with Gasteiger partial charge in [0.15, 0.2) is 0 Å². The first kappa shape index (κ1) is 19.1. The molecule has 4 N–H and O–H groups in total. The van der Waals surface area contributed by atoms with E-state index in [2.05, 4.69) is 5.32 Å². The standard InChI is InChI=1S/C17H26N2O4/c1-11(2)9-13(18)15(20)16(21)19-14(17(22)23-3)10-12-7-5-4-6-8-12/h4-8,11,13-15,20H,9-10,18H2,1-3H3,(H,19,21)/t13-,14+,15+/m1/s1. The SMILES string of the molecule is COC(=O)[C@H](Cc1ccccc1)NC(=O)[C@@H](O)[C@H](N)CC(C)C. The van der Waals surface area contributed by atoms with Crippen LogP contribution < -0.4 is 11.1 Å². The molecule has 0 aliphatic rings. The van der Waals surface area contributed by atoms with Gasteiger partial charge in [0.1, 0.15) is 12.1 Å². The molecule has 1 aromatic carbocycles. The molecular formula is C17H26N2O4. The summed E-state index contributed by atoms with van der Waals surface area (Å²) in [6.07, 6.45) is -0.568. The van der Waals surface area contributed by atoms with Crippen LogP contribution in [0.3, 0.4) is 0 Å². The molecule has 0 saturated carbocycles. The number of esters is 1. The van der Waals surface area contributed by atoms with Crippen molar-refractivity contribution in [2.45, 2.75) is 44.9 Å². The van der Waals surface area contributed by atoms with Gasteiger partial charge in [-0.05, 0) is 17.9 Å². The smallest absolute Gasteiger partial charge is 0.328 e. The summed E-state index contributed by atoms with van der Waals surface area (Å²) < 4.78 is 4.72. The normalized spacial score (nSPS) is 14.9. The van der Waals surface area contributed by atoms with E-state index < -0.39 is 30.1 Å². The summed E-state index contributed by atoms with van der Waals surface area (Å²) in [5, 5.41) is 12.5. The maximum Gasteiger partial charge on any atom is 0.328 e. The zero-order valence-corrected chi connectivity index (χ0v) is 13.9. The summed E-state index contributed by atoms with van der Waals surface area (Å²) in [6, 6.07) is 7.72. The van der Waals surface area contributed by atoms with Crippen LogP contribution in [0.15, 0.2) is 30.3 Å². The van der Waals surface area contributed by atoms with Crippen LogP contribution in [-0.2, 0) is 20.7 Å². The lowest BCUT2D eigenvalue weighted by Gasteiger charge is -2.23. The number of aliphatic hydroxyl groups excluding tert-OH is 1. The van der Waals surface area contributed by atoms with Crippen LogP contribution in [0.2, 0.25) is 0 Å². The molecule has 0 bridgehead atoms. The van der Waals surface area contributed by atoms with Gasteiger partial charge in [0.2, 0.25) is 0 Å². The van der Waals surface area contributed by atoms with E-state index in [-0.39, 0.29) is 12.3 Å². The monoisotopic (exact) mass is 322 g/mol. The van der Waals surface area contributed by atoms with Crippen molar-refractivity contribution in [1.82, 2.24) is 5.32 Å². The minimum absolute atomic E-state index is 0.258. The molecule has 6 heteroatoms. The van der Waals surface area contributed by atoms with E-state index in [9.17, 15) is 14.7 Å². The maximum atomic E-state index is 12.1. The van der Waals surface area contributed by atoms with Crippen molar-refractivity contribution in [3.05, 3.63) is 35.9 Å². The number of methoxy groups -OCH3 is 1. The van der Waals surface area contributed by atoms with Gasteiger partial charge in [0.25, 0.3) is 5.91 Å². The fraction of sp³-hybridized carbons (Fsp3) is 0.529. The Morgan fingerprint density at radius 3 is 2.39 bits per heavy atom. The third kappa shape index (κ3) is 6.38. The molecule has 0 saturated heterocycles. The summed E-state index contributed by atoms with van der Waals surface area (Å²) in [6.45, 7) is 3.91. The molecule has 3 atom stereocenters. The van der Waals surface area contributed by atoms with Crippen LogP contribution in [0, 0.1) is 5.92 Å². The Bertz CT molecular complexity index is 505. The van der Waals surface area contributed by atoms with Gasteiger partial charge in [-0.15, -0.1) is 0 Å². The number of carbonyl (C=O) groups excluding carboxylic acids is 2. The number of hydrogen-bond donors (Lipinski definition) is 3. The Morgan fingerprint density at radius 2 is 1.87 bits per heavy atom. The van der Waals surface area contributed by atoms with Crippen LogP contribution in [0.1, 0.15) is 25.8 Å². The van der Waals surface area contributed by atoms with Gasteiger partial charge in [0, 0.05) is 12.5 Å². The van der Waals surface area contributed by atoms with Gasteiger partial charge >= 0.3 is 5.97 Å². The summed E-state index contributed by atoms with van der Waals surface area (Å²) in [5.41, 5.74) is 6.71. The lowest BCUT2D eigenvalue weighted by atomic mass is 9.99. The first-order chi connectivity index (χ1) is 10.8. The number of benzene rings is 1. The Balaban J connectivity index is 2.73. The van der Waals surface area contributed by atoms with E-state index in [1.807, 2.05) is 44.2 Å². The number of nitrogens with one attached hydrogen (secondary N) is 1. The molecule has 0 fully saturated rings. The highest BCUT2D eigenvalue weighted by molar-refractivity contribution is 5.87. The van der Waals surface area contributed by atoms with Crippen LogP contribution in [0.25, 0.3) is 0 Å². The third-order valence-electron chi connectivity index (χ3n) is 3.50. The Hall–Kier alpha value is -1.92. The van der Waals surface area contributed by atoms with Crippen molar-refractivity contribution in [2.75, 3.05) is 7.11 Å². The van der Waals surface area contributed by atoms with Crippen LogP contribution in [-0.4, -0.2) is 42.3 Å². The van der Waals surface area contributed by atoms with E-state index in [0.29, 0.717) is 6.42 Å². The van der Waals surface area contributed by atoms with Crippen LogP contribution in [0.4, 0.5) is 0 Å². The van der Waals surface area contributed by atoms with Gasteiger partial charge in [-0.2, -0.15) is 0 Å². The highest BCUT2D eigenvalue weighted by atomic mass is 16.5. The molecular weight excluding hydrogens is 296 g/mol. The van der Waals surface area contributed by atoms with E-state index in [0.717, 1.165) is 5.56 Å². The second-order valence-corrected chi connectivity index (χ2v) is 6.01. The number of ether oxygens (including phenoxy) is 1. The van der Waals surface area contributed by atoms with Crippen molar-refractivity contribution >= 4 is 11.9 Å². The van der Waals surface area contributed by atoms with Crippen molar-refractivity contribution in [1.29, 1.82) is 0 Å². The molecule has 0 aliphatic carbocycles. The summed E-state index contributed by atoms with van der Waals surface area (Å²) >= 11 is 0. The summed E-state index contributed by atoms with van der Waals surface area (Å²) in [4.78, 5) is 24.0. The van der Waals surface area contributed by atoms with Crippen molar-refractivity contribution in [3.63, 3.8) is 0 Å². The zero-order chi connectivity index (χ0) is 17.4. The number of aliphatic hydroxyl groups is 1. The molecule has 0 heterocycles. The quantitative estimate of drug-likeness (QED) is 0.609. The fourth-order valence-corrected chi connectivity index (χ4v) is 2.31. The molecule has 23 heavy (non-hydrogen) atoms. The van der Waals surface area contributed by atoms with Gasteiger partial charge < -0.3 is 20.9 Å². The Kier molecular flexibility index (Phi) is 7.71. The van der Waals surface area contributed by atoms with Gasteiger partial charge in [-0.3, -0.25) is 4.79 Å². The topological polar surface area (TPSA) is 102 Å². The Labute approximate surface area is 137 Å². The minimum Gasteiger partial charge on any atom is -0.467 e. The van der Waals surface area contributed by atoms with Crippen LogP contribution >= 0.6 is 0 Å². The molecule has 1 aromatic rings. The van der Waals surface area contributed by atoms with E-state index in [4.69, 9.17) is 10.5 Å². The van der Waals surface area contributed by atoms with Gasteiger partial charge in [0.05, 0.1) is 7.11 Å². The lowest BCUT2D eigenvalue weighted by molar-refractivity contribution is -0.146. The van der Waals surface area contributed by atoms with Gasteiger partial charge in [-0.1, -0.05) is 44.2 Å². The highest BCUT2D eigenvalue weighted by Gasteiger charge is 2.28.